The van der Waals surface area contributed by atoms with E-state index in [2.05, 4.69) is 37.3 Å². The Hall–Kier alpha value is -0.900. The minimum absolute atomic E-state index is 0.0211. The molecule has 0 N–H and O–H groups in total. The highest BCUT2D eigenvalue weighted by atomic mass is 19.3. The van der Waals surface area contributed by atoms with Gasteiger partial charge in [-0.3, -0.25) is 0 Å². The molecule has 0 saturated heterocycles. The maximum atomic E-state index is 12.7. The third kappa shape index (κ3) is 4.41. The molecular weight excluding hydrogens is 236 g/mol. The molecule has 1 unspecified atom stereocenters. The van der Waals surface area contributed by atoms with Crippen LogP contribution in [0.1, 0.15) is 41.0 Å². The quantitative estimate of drug-likeness (QED) is 0.758. The number of hydrogen-bond donors (Lipinski definition) is 0. The second kappa shape index (κ2) is 5.39. The van der Waals surface area contributed by atoms with Crippen molar-refractivity contribution in [3.8, 4) is 0 Å². The van der Waals surface area contributed by atoms with Crippen molar-refractivity contribution < 1.29 is 13.5 Å². The van der Waals surface area contributed by atoms with Crippen LogP contribution in [0.25, 0.3) is 0 Å². The van der Waals surface area contributed by atoms with Crippen molar-refractivity contribution in [3.63, 3.8) is 0 Å². The van der Waals surface area contributed by atoms with Crippen LogP contribution in [0.15, 0.2) is 23.9 Å². The van der Waals surface area contributed by atoms with Crippen molar-refractivity contribution in [1.82, 2.24) is 4.90 Å². The first kappa shape index (κ1) is 15.2. The first-order valence-corrected chi connectivity index (χ1v) is 6.35. The maximum absolute atomic E-state index is 12.7. The van der Waals surface area contributed by atoms with Gasteiger partial charge in [-0.05, 0) is 40.2 Å². The molecule has 0 aromatic heterocycles. The van der Waals surface area contributed by atoms with E-state index in [1.165, 1.54) is 0 Å². The zero-order chi connectivity index (χ0) is 14.0. The van der Waals surface area contributed by atoms with Crippen LogP contribution in [-0.2, 0) is 4.74 Å². The molecule has 1 aliphatic carbocycles. The second-order valence-electron chi connectivity index (χ2n) is 5.60. The Balaban J connectivity index is 2.68. The molecule has 1 atom stereocenters. The number of allylic oxidation sites excluding steroid dienone is 1. The Kier molecular flexibility index (Phi) is 4.54. The van der Waals surface area contributed by atoms with E-state index in [-0.39, 0.29) is 5.54 Å². The fraction of sp³-hybridized carbons (Fsp3) is 0.714. The van der Waals surface area contributed by atoms with Gasteiger partial charge >= 0.3 is 6.11 Å². The van der Waals surface area contributed by atoms with Gasteiger partial charge in [-0.1, -0.05) is 12.2 Å². The molecular formula is C14H23F2NO. The van der Waals surface area contributed by atoms with Crippen molar-refractivity contribution in [1.29, 1.82) is 0 Å². The summed E-state index contributed by atoms with van der Waals surface area (Å²) in [7, 11) is 0. The number of nitrogens with zero attached hydrogens (tertiary/aromatic N) is 1. The van der Waals surface area contributed by atoms with Crippen LogP contribution in [0.2, 0.25) is 0 Å². The molecule has 0 aliphatic heterocycles. The zero-order valence-corrected chi connectivity index (χ0v) is 11.8. The Morgan fingerprint density at radius 3 is 2.28 bits per heavy atom. The van der Waals surface area contributed by atoms with Gasteiger partial charge in [0.25, 0.3) is 0 Å². The predicted octanol–water partition coefficient (Wildman–Crippen LogP) is 3.95. The van der Waals surface area contributed by atoms with E-state index in [1.54, 1.807) is 6.08 Å². The van der Waals surface area contributed by atoms with E-state index in [4.69, 9.17) is 0 Å². The smallest absolute Gasteiger partial charge is 0.353 e. The first-order chi connectivity index (χ1) is 8.13. The van der Waals surface area contributed by atoms with E-state index in [9.17, 15) is 8.78 Å². The molecule has 2 nitrogen and oxygen atoms in total. The van der Waals surface area contributed by atoms with Gasteiger partial charge in [0.1, 0.15) is 0 Å². The Morgan fingerprint density at radius 1 is 1.33 bits per heavy atom. The van der Waals surface area contributed by atoms with Gasteiger partial charge in [-0.2, -0.15) is 8.78 Å². The average molecular weight is 259 g/mol. The first-order valence-electron chi connectivity index (χ1n) is 6.35. The molecule has 0 spiro atoms. The van der Waals surface area contributed by atoms with Crippen LogP contribution >= 0.6 is 0 Å². The molecule has 4 heteroatoms. The molecule has 0 aromatic carbocycles. The van der Waals surface area contributed by atoms with Crippen molar-refractivity contribution >= 4 is 0 Å². The molecule has 0 bridgehead atoms. The van der Waals surface area contributed by atoms with Crippen molar-refractivity contribution in [3.05, 3.63) is 23.9 Å². The maximum Gasteiger partial charge on any atom is 0.353 e. The summed E-state index contributed by atoms with van der Waals surface area (Å²) in [5.74, 6) is 0. The number of rotatable bonds is 4. The van der Waals surface area contributed by atoms with Crippen LogP contribution in [0.4, 0.5) is 8.78 Å². The summed E-state index contributed by atoms with van der Waals surface area (Å²) in [5, 5.41) is 0. The highest BCUT2D eigenvalue weighted by Crippen LogP contribution is 2.26. The predicted molar refractivity (Wildman–Crippen MR) is 69.5 cm³/mol. The standard InChI is InChI=1S/C14H23F2NO/c1-6-17(13(2,3)4)11-7-9-12(10-8-11)18-14(5,15)16/h7-9,12H,6,10H2,1-5H3. The van der Waals surface area contributed by atoms with Crippen molar-refractivity contribution in [2.24, 2.45) is 0 Å². The molecule has 0 aromatic rings. The summed E-state index contributed by atoms with van der Waals surface area (Å²) < 4.78 is 30.1. The van der Waals surface area contributed by atoms with Gasteiger partial charge in [0.15, 0.2) is 0 Å². The Labute approximate surface area is 108 Å². The second-order valence-corrected chi connectivity index (χ2v) is 5.60. The van der Waals surface area contributed by atoms with Gasteiger partial charge in [0, 0.05) is 24.7 Å². The molecule has 1 aliphatic rings. The van der Waals surface area contributed by atoms with E-state index in [0.717, 1.165) is 19.2 Å². The highest BCUT2D eigenvalue weighted by molar-refractivity contribution is 5.25. The van der Waals surface area contributed by atoms with Crippen LogP contribution < -0.4 is 0 Å². The summed E-state index contributed by atoms with van der Waals surface area (Å²) in [4.78, 5) is 2.24. The Morgan fingerprint density at radius 2 is 1.94 bits per heavy atom. The lowest BCUT2D eigenvalue weighted by molar-refractivity contribution is -0.239. The minimum Gasteiger partial charge on any atom is -0.367 e. The van der Waals surface area contributed by atoms with E-state index >= 15 is 0 Å². The van der Waals surface area contributed by atoms with Crippen LogP contribution in [0.5, 0.6) is 0 Å². The normalized spacial score (nSPS) is 20.8. The number of likely N-dealkylation sites (N-methyl/N-ethyl adjacent to an activating group) is 1. The third-order valence-corrected chi connectivity index (χ3v) is 2.84. The summed E-state index contributed by atoms with van der Waals surface area (Å²) in [6, 6.07) is 0. The van der Waals surface area contributed by atoms with Gasteiger partial charge in [-0.25, -0.2) is 0 Å². The molecule has 1 rings (SSSR count). The topological polar surface area (TPSA) is 12.5 Å². The van der Waals surface area contributed by atoms with Crippen LogP contribution in [0, 0.1) is 0 Å². The fourth-order valence-corrected chi connectivity index (χ4v) is 2.19. The van der Waals surface area contributed by atoms with Crippen LogP contribution in [0.3, 0.4) is 0 Å². The van der Waals surface area contributed by atoms with Gasteiger partial charge in [0.05, 0.1) is 6.10 Å². The zero-order valence-electron chi connectivity index (χ0n) is 11.8. The highest BCUT2D eigenvalue weighted by Gasteiger charge is 2.28. The fourth-order valence-electron chi connectivity index (χ4n) is 2.19. The minimum atomic E-state index is -3.07. The summed E-state index contributed by atoms with van der Waals surface area (Å²) in [6.45, 7) is 10.1. The number of alkyl halides is 2. The lowest BCUT2D eigenvalue weighted by atomic mass is 10.0. The molecule has 0 saturated carbocycles. The lowest BCUT2D eigenvalue weighted by Gasteiger charge is -2.39. The molecule has 0 radical (unpaired) electrons. The van der Waals surface area contributed by atoms with Gasteiger partial charge in [-0.15, -0.1) is 0 Å². The molecule has 104 valence electrons. The summed E-state index contributed by atoms with van der Waals surface area (Å²) in [5.41, 5.74) is 1.09. The summed E-state index contributed by atoms with van der Waals surface area (Å²) >= 11 is 0. The van der Waals surface area contributed by atoms with E-state index < -0.39 is 12.2 Å². The largest absolute Gasteiger partial charge is 0.367 e. The summed E-state index contributed by atoms with van der Waals surface area (Å²) in [6.07, 6.45) is 2.42. The molecule has 0 fully saturated rings. The van der Waals surface area contributed by atoms with E-state index in [0.29, 0.717) is 6.42 Å². The Bertz CT molecular complexity index is 337. The molecule has 18 heavy (non-hydrogen) atoms. The molecule has 0 amide bonds. The van der Waals surface area contributed by atoms with Crippen molar-refractivity contribution in [2.75, 3.05) is 6.54 Å². The number of ether oxygens (including phenoxy) is 1. The SMILES string of the molecule is CCN(C1=CCC(OC(C)(F)F)C=C1)C(C)(C)C. The number of halogens is 2. The average Bonchev–Trinajstić information content (AvgIpc) is 2.17. The van der Waals surface area contributed by atoms with Crippen molar-refractivity contribution in [2.45, 2.75) is 58.8 Å². The van der Waals surface area contributed by atoms with Gasteiger partial charge < -0.3 is 9.64 Å². The van der Waals surface area contributed by atoms with E-state index in [1.807, 2.05) is 12.2 Å². The lowest BCUT2D eigenvalue weighted by Crippen LogP contribution is -2.40. The third-order valence-electron chi connectivity index (χ3n) is 2.84. The number of hydrogen-bond acceptors (Lipinski definition) is 2. The van der Waals surface area contributed by atoms with Crippen LogP contribution in [-0.4, -0.2) is 29.2 Å². The molecule has 0 heterocycles. The monoisotopic (exact) mass is 259 g/mol. The van der Waals surface area contributed by atoms with Gasteiger partial charge in [0.2, 0.25) is 0 Å².